The van der Waals surface area contributed by atoms with Crippen LogP contribution in [0.4, 0.5) is 0 Å². The molecule has 0 bridgehead atoms. The van der Waals surface area contributed by atoms with Crippen molar-refractivity contribution in [1.82, 2.24) is 24.5 Å². The highest BCUT2D eigenvalue weighted by molar-refractivity contribution is 5.99. The van der Waals surface area contributed by atoms with Crippen molar-refractivity contribution >= 4 is 32.6 Å². The summed E-state index contributed by atoms with van der Waals surface area (Å²) in [5, 5.41) is 4.61. The summed E-state index contributed by atoms with van der Waals surface area (Å²) < 4.78 is 2.28. The minimum atomic E-state index is 0.606. The van der Waals surface area contributed by atoms with E-state index in [0.717, 1.165) is 77.8 Å². The van der Waals surface area contributed by atoms with Gasteiger partial charge in [0, 0.05) is 33.5 Å². The molecule has 11 rings (SSSR count). The largest absolute Gasteiger partial charge is 0.292 e. The van der Waals surface area contributed by atoms with Gasteiger partial charge in [-0.05, 0) is 86.8 Å². The summed E-state index contributed by atoms with van der Waals surface area (Å²) in [6, 6.07) is 74.1. The number of benzene rings is 9. The molecule has 59 heavy (non-hydrogen) atoms. The van der Waals surface area contributed by atoms with Gasteiger partial charge in [-0.15, -0.1) is 0 Å². The molecule has 0 radical (unpaired) electrons. The Morgan fingerprint density at radius 1 is 0.288 bits per heavy atom. The molecule has 276 valence electrons. The van der Waals surface area contributed by atoms with Gasteiger partial charge in [0.2, 0.25) is 0 Å². The summed E-state index contributed by atoms with van der Waals surface area (Å²) in [7, 11) is 0. The quantitative estimate of drug-likeness (QED) is 0.163. The van der Waals surface area contributed by atoms with Crippen molar-refractivity contribution in [2.75, 3.05) is 0 Å². The summed E-state index contributed by atoms with van der Waals surface area (Å²) in [5.41, 5.74) is 11.2. The van der Waals surface area contributed by atoms with Crippen LogP contribution in [0.25, 0.3) is 106 Å². The Bertz CT molecular complexity index is 3200. The van der Waals surface area contributed by atoms with Crippen LogP contribution in [0.1, 0.15) is 0 Å². The molecular weight excluding hydrogens is 719 g/mol. The van der Waals surface area contributed by atoms with E-state index in [1.54, 1.807) is 0 Å². The molecule has 0 atom stereocenters. The van der Waals surface area contributed by atoms with Crippen LogP contribution < -0.4 is 0 Å². The van der Waals surface area contributed by atoms with Crippen molar-refractivity contribution in [2.24, 2.45) is 0 Å². The Hall–Kier alpha value is -8.02. The van der Waals surface area contributed by atoms with E-state index in [9.17, 15) is 0 Å². The monoisotopic (exact) mass is 753 g/mol. The van der Waals surface area contributed by atoms with E-state index in [2.05, 4.69) is 211 Å². The summed E-state index contributed by atoms with van der Waals surface area (Å²) in [4.78, 5) is 20.7. The molecule has 5 heteroatoms. The molecule has 2 heterocycles. The molecule has 11 aromatic rings. The number of hydrogen-bond donors (Lipinski definition) is 0. The lowest BCUT2D eigenvalue weighted by Crippen LogP contribution is -2.01. The smallest absolute Gasteiger partial charge is 0.164 e. The third kappa shape index (κ3) is 6.41. The zero-order chi connectivity index (χ0) is 39.1. The van der Waals surface area contributed by atoms with Gasteiger partial charge in [-0.2, -0.15) is 0 Å². The molecule has 0 aliphatic heterocycles. The average molecular weight is 754 g/mol. The fraction of sp³-hybridized carbons (Fsp3) is 0. The summed E-state index contributed by atoms with van der Waals surface area (Å²) >= 11 is 0. The highest BCUT2D eigenvalue weighted by Gasteiger charge is 2.20. The van der Waals surface area contributed by atoms with E-state index in [-0.39, 0.29) is 0 Å². The van der Waals surface area contributed by atoms with Gasteiger partial charge in [0.15, 0.2) is 17.5 Å². The number of aromatic nitrogens is 5. The minimum absolute atomic E-state index is 0.606. The highest BCUT2D eigenvalue weighted by Crippen LogP contribution is 2.39. The van der Waals surface area contributed by atoms with Gasteiger partial charge in [-0.25, -0.2) is 19.9 Å². The number of imidazole rings is 1. The Kier molecular flexibility index (Phi) is 8.41. The fourth-order valence-corrected chi connectivity index (χ4v) is 8.03. The standard InChI is InChI=1S/C54H35N5/c1-4-14-36(15-5-1)46-34-48(39-18-6-2-7-19-39)50-49(35-46)59(54(55-50)41-20-8-3-9-21-41)47-30-28-40(29-31-47)51-56-52(44-26-24-37-16-10-12-22-42(37)32-44)58-53(57-51)45-27-25-38-17-11-13-23-43(38)33-45/h1-35H. The van der Waals surface area contributed by atoms with E-state index in [0.29, 0.717) is 17.5 Å². The Balaban J connectivity index is 1.09. The van der Waals surface area contributed by atoms with Crippen molar-refractivity contribution in [3.05, 3.63) is 212 Å². The molecule has 9 aromatic carbocycles. The van der Waals surface area contributed by atoms with E-state index >= 15 is 0 Å². The van der Waals surface area contributed by atoms with Crippen LogP contribution in [-0.2, 0) is 0 Å². The van der Waals surface area contributed by atoms with Crippen molar-refractivity contribution < 1.29 is 0 Å². The van der Waals surface area contributed by atoms with E-state index in [4.69, 9.17) is 19.9 Å². The van der Waals surface area contributed by atoms with Gasteiger partial charge in [-0.1, -0.05) is 164 Å². The van der Waals surface area contributed by atoms with Crippen LogP contribution in [-0.4, -0.2) is 24.5 Å². The Labute approximate surface area is 341 Å². The maximum absolute atomic E-state index is 5.41. The first-order valence-corrected chi connectivity index (χ1v) is 19.8. The molecule has 0 N–H and O–H groups in total. The van der Waals surface area contributed by atoms with Crippen LogP contribution >= 0.6 is 0 Å². The summed E-state index contributed by atoms with van der Waals surface area (Å²) in [6.45, 7) is 0. The number of rotatable bonds is 7. The molecule has 0 saturated heterocycles. The topological polar surface area (TPSA) is 56.5 Å². The second-order valence-electron chi connectivity index (χ2n) is 14.7. The van der Waals surface area contributed by atoms with E-state index in [1.165, 1.54) is 10.8 Å². The van der Waals surface area contributed by atoms with Crippen molar-refractivity contribution in [1.29, 1.82) is 0 Å². The second-order valence-corrected chi connectivity index (χ2v) is 14.7. The number of nitrogens with zero attached hydrogens (tertiary/aromatic N) is 5. The first-order chi connectivity index (χ1) is 29.2. The average Bonchev–Trinajstić information content (AvgIpc) is 3.71. The molecule has 0 fully saturated rings. The lowest BCUT2D eigenvalue weighted by Gasteiger charge is -2.13. The van der Waals surface area contributed by atoms with Gasteiger partial charge in [0.05, 0.1) is 11.0 Å². The molecular formula is C54H35N5. The van der Waals surface area contributed by atoms with Crippen LogP contribution in [0.3, 0.4) is 0 Å². The van der Waals surface area contributed by atoms with Crippen molar-refractivity contribution in [2.45, 2.75) is 0 Å². The highest BCUT2D eigenvalue weighted by atomic mass is 15.1. The molecule has 0 spiro atoms. The lowest BCUT2D eigenvalue weighted by molar-refractivity contribution is 1.07. The third-order valence-electron chi connectivity index (χ3n) is 11.0. The second kappa shape index (κ2) is 14.5. The molecule has 0 unspecified atom stereocenters. The number of hydrogen-bond acceptors (Lipinski definition) is 4. The van der Waals surface area contributed by atoms with Crippen LogP contribution in [0.5, 0.6) is 0 Å². The van der Waals surface area contributed by atoms with Gasteiger partial charge in [-0.3, -0.25) is 4.57 Å². The maximum atomic E-state index is 5.41. The third-order valence-corrected chi connectivity index (χ3v) is 11.0. The summed E-state index contributed by atoms with van der Waals surface area (Å²) in [5.74, 6) is 2.73. The normalized spacial score (nSPS) is 11.4. The molecule has 0 aliphatic rings. The van der Waals surface area contributed by atoms with Gasteiger partial charge in [0.25, 0.3) is 0 Å². The molecule has 5 nitrogen and oxygen atoms in total. The minimum Gasteiger partial charge on any atom is -0.292 e. The van der Waals surface area contributed by atoms with Crippen LogP contribution in [0.2, 0.25) is 0 Å². The van der Waals surface area contributed by atoms with Gasteiger partial charge < -0.3 is 0 Å². The van der Waals surface area contributed by atoms with Crippen molar-refractivity contribution in [3.63, 3.8) is 0 Å². The Morgan fingerprint density at radius 3 is 1.31 bits per heavy atom. The summed E-state index contributed by atoms with van der Waals surface area (Å²) in [6.07, 6.45) is 0. The zero-order valence-corrected chi connectivity index (χ0v) is 31.9. The Morgan fingerprint density at radius 2 is 0.746 bits per heavy atom. The predicted molar refractivity (Wildman–Crippen MR) is 242 cm³/mol. The molecule has 0 amide bonds. The SMILES string of the molecule is c1ccc(-c2cc(-c3ccccc3)c3nc(-c4ccccc4)n(-c4ccc(-c5nc(-c6ccc7ccccc7c6)nc(-c6ccc7ccccc7c6)n5)cc4)c3c2)cc1. The van der Waals surface area contributed by atoms with Gasteiger partial charge in [0.1, 0.15) is 5.82 Å². The molecule has 0 aliphatic carbocycles. The van der Waals surface area contributed by atoms with E-state index < -0.39 is 0 Å². The molecule has 0 saturated carbocycles. The first kappa shape index (κ1) is 34.2. The zero-order valence-electron chi connectivity index (χ0n) is 31.9. The number of fused-ring (bicyclic) bond motifs is 3. The maximum Gasteiger partial charge on any atom is 0.164 e. The first-order valence-electron chi connectivity index (χ1n) is 19.8. The van der Waals surface area contributed by atoms with Crippen LogP contribution in [0.15, 0.2) is 212 Å². The van der Waals surface area contributed by atoms with E-state index in [1.807, 2.05) is 6.07 Å². The van der Waals surface area contributed by atoms with Crippen molar-refractivity contribution in [3.8, 4) is 73.5 Å². The predicted octanol–water partition coefficient (Wildman–Crippen LogP) is 13.5. The fourth-order valence-electron chi connectivity index (χ4n) is 8.03. The van der Waals surface area contributed by atoms with Gasteiger partial charge >= 0.3 is 0 Å². The van der Waals surface area contributed by atoms with Crippen LogP contribution in [0, 0.1) is 0 Å². The lowest BCUT2D eigenvalue weighted by atomic mass is 9.97. The molecule has 2 aromatic heterocycles.